The van der Waals surface area contributed by atoms with E-state index in [0.29, 0.717) is 31.7 Å². The lowest BCUT2D eigenvalue weighted by Crippen LogP contribution is -2.58. The molecule has 1 aromatic rings. The van der Waals surface area contributed by atoms with E-state index in [0.717, 1.165) is 56.4 Å². The van der Waals surface area contributed by atoms with Gasteiger partial charge in [0.15, 0.2) is 0 Å². The Balaban J connectivity index is 1.07. The van der Waals surface area contributed by atoms with E-state index < -0.39 is 0 Å². The van der Waals surface area contributed by atoms with Gasteiger partial charge in [-0.15, -0.1) is 0 Å². The van der Waals surface area contributed by atoms with Crippen molar-refractivity contribution in [1.29, 1.82) is 0 Å². The highest BCUT2D eigenvalue weighted by atomic mass is 16.2. The average Bonchev–Trinajstić information content (AvgIpc) is 3.33. The van der Waals surface area contributed by atoms with Gasteiger partial charge in [0.25, 0.3) is 0 Å². The number of pyridine rings is 1. The normalized spacial score (nSPS) is 34.9. The molecular weight excluding hydrogens is 428 g/mol. The number of anilines is 1. The molecule has 182 valence electrons. The highest BCUT2D eigenvalue weighted by molar-refractivity contribution is 5.93. The fraction of sp³-hybridized carbons (Fsp3) is 0.704. The van der Waals surface area contributed by atoms with Gasteiger partial charge >= 0.3 is 0 Å². The van der Waals surface area contributed by atoms with E-state index in [2.05, 4.69) is 10.3 Å². The van der Waals surface area contributed by atoms with Crippen LogP contribution in [0, 0.1) is 29.1 Å². The molecule has 4 saturated carbocycles. The SMILES string of the molecule is O=C(Nc1ccccn1)C1CCN(C(=O)C2CCCN2C(=O)C23CC4CC(CC(C4)C2)C3)CC1. The maximum absolute atomic E-state index is 13.9. The third kappa shape index (κ3) is 3.91. The lowest BCUT2D eigenvalue weighted by molar-refractivity contribution is -0.162. The van der Waals surface area contributed by atoms with Gasteiger partial charge in [0.05, 0.1) is 5.41 Å². The predicted molar refractivity (Wildman–Crippen MR) is 128 cm³/mol. The molecule has 1 unspecified atom stereocenters. The van der Waals surface area contributed by atoms with Crippen molar-refractivity contribution in [2.75, 3.05) is 25.0 Å². The van der Waals surface area contributed by atoms with Crippen LogP contribution in [0.25, 0.3) is 0 Å². The summed E-state index contributed by atoms with van der Waals surface area (Å²) in [4.78, 5) is 48.1. The molecule has 0 aromatic carbocycles. The Hall–Kier alpha value is -2.44. The summed E-state index contributed by atoms with van der Waals surface area (Å²) in [6.07, 6.45) is 11.8. The smallest absolute Gasteiger partial charge is 0.245 e. The lowest BCUT2D eigenvalue weighted by atomic mass is 9.49. The molecule has 1 atom stereocenters. The number of rotatable bonds is 4. The molecule has 3 heterocycles. The maximum Gasteiger partial charge on any atom is 0.245 e. The van der Waals surface area contributed by atoms with Crippen LogP contribution in [-0.4, -0.2) is 58.2 Å². The van der Waals surface area contributed by atoms with Crippen LogP contribution in [0.5, 0.6) is 0 Å². The van der Waals surface area contributed by atoms with Crippen LogP contribution in [0.1, 0.15) is 64.2 Å². The Morgan fingerprint density at radius 3 is 2.21 bits per heavy atom. The van der Waals surface area contributed by atoms with E-state index in [9.17, 15) is 14.4 Å². The van der Waals surface area contributed by atoms with Crippen molar-refractivity contribution >= 4 is 23.5 Å². The van der Waals surface area contributed by atoms with E-state index >= 15 is 0 Å². The van der Waals surface area contributed by atoms with Crippen molar-refractivity contribution in [3.8, 4) is 0 Å². The van der Waals surface area contributed by atoms with Gasteiger partial charge in [-0.05, 0) is 94.1 Å². The molecule has 4 aliphatic carbocycles. The molecule has 1 aromatic heterocycles. The highest BCUT2D eigenvalue weighted by Crippen LogP contribution is 2.60. The number of hydrogen-bond acceptors (Lipinski definition) is 4. The first kappa shape index (κ1) is 22.1. The summed E-state index contributed by atoms with van der Waals surface area (Å²) < 4.78 is 0. The van der Waals surface area contributed by atoms with Crippen LogP contribution < -0.4 is 5.32 Å². The Bertz CT molecular complexity index is 921. The molecule has 7 rings (SSSR count). The number of piperidine rings is 1. The van der Waals surface area contributed by atoms with Crippen molar-refractivity contribution in [3.63, 3.8) is 0 Å². The van der Waals surface area contributed by atoms with Crippen molar-refractivity contribution in [3.05, 3.63) is 24.4 Å². The molecule has 6 aliphatic rings. The van der Waals surface area contributed by atoms with Crippen molar-refractivity contribution in [1.82, 2.24) is 14.8 Å². The van der Waals surface area contributed by atoms with Crippen molar-refractivity contribution < 1.29 is 14.4 Å². The maximum atomic E-state index is 13.9. The number of carbonyl (C=O) groups excluding carboxylic acids is 3. The summed E-state index contributed by atoms with van der Waals surface area (Å²) in [5.74, 6) is 2.99. The van der Waals surface area contributed by atoms with Crippen LogP contribution in [0.2, 0.25) is 0 Å². The summed E-state index contributed by atoms with van der Waals surface area (Å²) in [6.45, 7) is 1.88. The van der Waals surface area contributed by atoms with Gasteiger partial charge in [-0.3, -0.25) is 14.4 Å². The molecule has 2 aliphatic heterocycles. The summed E-state index contributed by atoms with van der Waals surface area (Å²) in [6, 6.07) is 5.15. The van der Waals surface area contributed by atoms with E-state index in [1.807, 2.05) is 21.9 Å². The second kappa shape index (κ2) is 8.65. The molecule has 1 N–H and O–H groups in total. The van der Waals surface area contributed by atoms with E-state index in [1.54, 1.807) is 12.3 Å². The molecule has 7 nitrogen and oxygen atoms in total. The molecule has 4 bridgehead atoms. The third-order valence-electron chi connectivity index (χ3n) is 9.38. The summed E-state index contributed by atoms with van der Waals surface area (Å²) >= 11 is 0. The number of amides is 3. The fourth-order valence-electron chi connectivity index (χ4n) is 8.18. The molecule has 0 spiro atoms. The number of aromatic nitrogens is 1. The Morgan fingerprint density at radius 1 is 0.912 bits per heavy atom. The van der Waals surface area contributed by atoms with Crippen LogP contribution in [-0.2, 0) is 14.4 Å². The number of likely N-dealkylation sites (tertiary alicyclic amines) is 2. The molecule has 0 radical (unpaired) electrons. The number of carbonyl (C=O) groups is 3. The summed E-state index contributed by atoms with van der Waals surface area (Å²) in [7, 11) is 0. The van der Waals surface area contributed by atoms with Gasteiger partial charge < -0.3 is 15.1 Å². The third-order valence-corrected chi connectivity index (χ3v) is 9.38. The Labute approximate surface area is 201 Å². The van der Waals surface area contributed by atoms with E-state index in [1.165, 1.54) is 19.3 Å². The standard InChI is InChI=1S/C27H36N4O3/c32-24(29-23-5-1-2-8-28-23)21-6-10-30(11-7-21)25(33)22-4-3-9-31(22)26(34)27-15-18-12-19(16-27)14-20(13-18)17-27/h1-2,5,8,18-22H,3-4,6-7,9-17H2,(H,28,29,32). The summed E-state index contributed by atoms with van der Waals surface area (Å²) in [5, 5.41) is 2.89. The van der Waals surface area contributed by atoms with Crippen LogP contribution in [0.4, 0.5) is 5.82 Å². The van der Waals surface area contributed by atoms with E-state index in [-0.39, 0.29) is 35.1 Å². The Kier molecular flexibility index (Phi) is 5.61. The van der Waals surface area contributed by atoms with Gasteiger partial charge in [0.1, 0.15) is 11.9 Å². The van der Waals surface area contributed by atoms with Crippen LogP contribution in [0.15, 0.2) is 24.4 Å². The molecular formula is C27H36N4O3. The van der Waals surface area contributed by atoms with Gasteiger partial charge in [-0.25, -0.2) is 4.98 Å². The average molecular weight is 465 g/mol. The second-order valence-corrected chi connectivity index (χ2v) is 11.7. The quantitative estimate of drug-likeness (QED) is 0.740. The lowest BCUT2D eigenvalue weighted by Gasteiger charge is -2.56. The number of hydrogen-bond donors (Lipinski definition) is 1. The van der Waals surface area contributed by atoms with Gasteiger partial charge in [-0.1, -0.05) is 6.07 Å². The minimum absolute atomic E-state index is 0.0229. The molecule has 3 amide bonds. The topological polar surface area (TPSA) is 82.6 Å². The van der Waals surface area contributed by atoms with Crippen molar-refractivity contribution in [2.24, 2.45) is 29.1 Å². The minimum Gasteiger partial charge on any atom is -0.341 e. The molecule has 2 saturated heterocycles. The van der Waals surface area contributed by atoms with Gasteiger partial charge in [0.2, 0.25) is 17.7 Å². The zero-order chi connectivity index (χ0) is 23.3. The predicted octanol–water partition coefficient (Wildman–Crippen LogP) is 3.47. The first-order chi connectivity index (χ1) is 16.5. The molecule has 7 heteroatoms. The largest absolute Gasteiger partial charge is 0.341 e. The second-order valence-electron chi connectivity index (χ2n) is 11.7. The monoisotopic (exact) mass is 464 g/mol. The summed E-state index contributed by atoms with van der Waals surface area (Å²) in [5.41, 5.74) is -0.186. The first-order valence-corrected chi connectivity index (χ1v) is 13.3. The fourth-order valence-corrected chi connectivity index (χ4v) is 8.18. The number of nitrogens with one attached hydrogen (secondary N) is 1. The first-order valence-electron chi connectivity index (χ1n) is 13.3. The van der Waals surface area contributed by atoms with Crippen molar-refractivity contribution in [2.45, 2.75) is 70.3 Å². The zero-order valence-corrected chi connectivity index (χ0v) is 20.0. The van der Waals surface area contributed by atoms with Gasteiger partial charge in [0, 0.05) is 31.7 Å². The molecule has 6 fully saturated rings. The zero-order valence-electron chi connectivity index (χ0n) is 20.0. The highest BCUT2D eigenvalue weighted by Gasteiger charge is 2.57. The number of nitrogens with zero attached hydrogens (tertiary/aromatic N) is 3. The van der Waals surface area contributed by atoms with Crippen LogP contribution in [0.3, 0.4) is 0 Å². The minimum atomic E-state index is -0.306. The van der Waals surface area contributed by atoms with Gasteiger partial charge in [-0.2, -0.15) is 0 Å². The van der Waals surface area contributed by atoms with E-state index in [4.69, 9.17) is 0 Å². The molecule has 34 heavy (non-hydrogen) atoms. The Morgan fingerprint density at radius 2 is 1.59 bits per heavy atom. The van der Waals surface area contributed by atoms with Crippen LogP contribution >= 0.6 is 0 Å².